The maximum absolute atomic E-state index is 5.31. The first-order valence-corrected chi connectivity index (χ1v) is 5.45. The Morgan fingerprint density at radius 2 is 2.13 bits per heavy atom. The summed E-state index contributed by atoms with van der Waals surface area (Å²) in [6.07, 6.45) is 4.48. The summed E-state index contributed by atoms with van der Waals surface area (Å²) in [4.78, 5) is 3.96. The fourth-order valence-corrected chi connectivity index (χ4v) is 1.26. The van der Waals surface area contributed by atoms with Crippen LogP contribution in [-0.4, -0.2) is 6.72 Å². The number of hydrogen-bond donors (Lipinski definition) is 0. The summed E-state index contributed by atoms with van der Waals surface area (Å²) < 4.78 is 5.31. The molecule has 1 aromatic heterocycles. The minimum Gasteiger partial charge on any atom is -0.462 e. The molecule has 0 aromatic carbocycles. The normalized spacial score (nSPS) is 11.2. The zero-order chi connectivity index (χ0) is 11.8. The molecule has 2 heteroatoms. The summed E-state index contributed by atoms with van der Waals surface area (Å²) >= 11 is 0. The first-order chi connectivity index (χ1) is 7.24. The highest BCUT2D eigenvalue weighted by molar-refractivity contribution is 5.64. The number of furan rings is 1. The molecule has 15 heavy (non-hydrogen) atoms. The van der Waals surface area contributed by atoms with E-state index in [1.165, 1.54) is 0 Å². The molecule has 0 fully saturated rings. The molecule has 0 bridgehead atoms. The van der Waals surface area contributed by atoms with Gasteiger partial charge in [-0.25, -0.2) is 0 Å². The Morgan fingerprint density at radius 3 is 2.53 bits per heavy atom. The monoisotopic (exact) mass is 207 g/mol. The standard InChI is InChI=1S/C11H15NO.C2H6/c1-5-8(3)9-7-13-10(6-2)11(9)12-4;1-2/h6-8H,2,4-5H2,1,3H3;1-2H3. The van der Waals surface area contributed by atoms with Crippen LogP contribution < -0.4 is 0 Å². The van der Waals surface area contributed by atoms with Crippen LogP contribution in [0.1, 0.15) is 51.4 Å². The largest absolute Gasteiger partial charge is 0.462 e. The Balaban J connectivity index is 0.000000921. The fourth-order valence-electron chi connectivity index (χ4n) is 1.26. The third-order valence-electron chi connectivity index (χ3n) is 2.31. The van der Waals surface area contributed by atoms with Crippen LogP contribution in [0.4, 0.5) is 5.69 Å². The third kappa shape index (κ3) is 3.08. The predicted octanol–water partition coefficient (Wildman–Crippen LogP) is 4.79. The molecule has 1 heterocycles. The molecule has 0 spiro atoms. The lowest BCUT2D eigenvalue weighted by Crippen LogP contribution is -1.88. The first kappa shape index (κ1) is 13.7. The second kappa shape index (κ2) is 7.04. The molecule has 0 amide bonds. The molecule has 0 aliphatic heterocycles. The molecule has 1 unspecified atom stereocenters. The molecule has 0 aliphatic rings. The molecule has 0 radical (unpaired) electrons. The van der Waals surface area contributed by atoms with Crippen LogP contribution in [-0.2, 0) is 0 Å². The average Bonchev–Trinajstić information content (AvgIpc) is 2.73. The molecule has 84 valence electrons. The highest BCUT2D eigenvalue weighted by atomic mass is 16.3. The van der Waals surface area contributed by atoms with E-state index in [0.29, 0.717) is 11.7 Å². The van der Waals surface area contributed by atoms with E-state index in [2.05, 4.69) is 32.1 Å². The van der Waals surface area contributed by atoms with Gasteiger partial charge in [0.2, 0.25) is 0 Å². The third-order valence-corrected chi connectivity index (χ3v) is 2.31. The topological polar surface area (TPSA) is 25.5 Å². The molecule has 1 rings (SSSR count). The SMILES string of the molecule is C=Cc1occ(C(C)CC)c1N=C.CC. The Hall–Kier alpha value is -1.31. The van der Waals surface area contributed by atoms with Crippen molar-refractivity contribution in [2.75, 3.05) is 0 Å². The van der Waals surface area contributed by atoms with Gasteiger partial charge in [-0.3, -0.25) is 4.99 Å². The van der Waals surface area contributed by atoms with Crippen molar-refractivity contribution < 1.29 is 4.42 Å². The van der Waals surface area contributed by atoms with Gasteiger partial charge in [0.05, 0.1) is 6.26 Å². The van der Waals surface area contributed by atoms with Crippen molar-refractivity contribution in [1.29, 1.82) is 0 Å². The van der Waals surface area contributed by atoms with Crippen LogP contribution in [0.2, 0.25) is 0 Å². The molecule has 1 atom stereocenters. The van der Waals surface area contributed by atoms with E-state index in [0.717, 1.165) is 17.7 Å². The van der Waals surface area contributed by atoms with E-state index in [4.69, 9.17) is 4.42 Å². The fraction of sp³-hybridized carbons (Fsp3) is 0.462. The minimum atomic E-state index is 0.456. The molecular weight excluding hydrogens is 186 g/mol. The zero-order valence-corrected chi connectivity index (χ0v) is 10.2. The van der Waals surface area contributed by atoms with Gasteiger partial charge in [-0.2, -0.15) is 0 Å². The average molecular weight is 207 g/mol. The van der Waals surface area contributed by atoms with Crippen LogP contribution in [0, 0.1) is 0 Å². The quantitative estimate of drug-likeness (QED) is 0.651. The Bertz CT molecular complexity index is 312. The summed E-state index contributed by atoms with van der Waals surface area (Å²) in [7, 11) is 0. The second-order valence-electron chi connectivity index (χ2n) is 3.08. The predicted molar refractivity (Wildman–Crippen MR) is 68.1 cm³/mol. The van der Waals surface area contributed by atoms with Gasteiger partial charge in [-0.05, 0) is 25.1 Å². The summed E-state index contributed by atoms with van der Waals surface area (Å²) in [5.74, 6) is 1.17. The lowest BCUT2D eigenvalue weighted by Gasteiger charge is -2.05. The van der Waals surface area contributed by atoms with E-state index >= 15 is 0 Å². The van der Waals surface area contributed by atoms with Crippen LogP contribution in [0.15, 0.2) is 22.3 Å². The van der Waals surface area contributed by atoms with E-state index in [9.17, 15) is 0 Å². The Labute approximate surface area is 92.7 Å². The van der Waals surface area contributed by atoms with Gasteiger partial charge >= 0.3 is 0 Å². The number of hydrogen-bond acceptors (Lipinski definition) is 2. The van der Waals surface area contributed by atoms with Crippen molar-refractivity contribution in [1.82, 2.24) is 0 Å². The van der Waals surface area contributed by atoms with Crippen molar-refractivity contribution in [3.63, 3.8) is 0 Å². The lowest BCUT2D eigenvalue weighted by molar-refractivity contribution is 0.550. The zero-order valence-electron chi connectivity index (χ0n) is 10.2. The molecule has 1 aromatic rings. The van der Waals surface area contributed by atoms with Crippen molar-refractivity contribution in [3.8, 4) is 0 Å². The van der Waals surface area contributed by atoms with Crippen LogP contribution >= 0.6 is 0 Å². The summed E-state index contributed by atoms with van der Waals surface area (Å²) in [5.41, 5.74) is 1.96. The van der Waals surface area contributed by atoms with E-state index < -0.39 is 0 Å². The Kier molecular flexibility index (Phi) is 6.43. The van der Waals surface area contributed by atoms with Gasteiger partial charge < -0.3 is 4.42 Å². The first-order valence-electron chi connectivity index (χ1n) is 5.45. The molecule has 0 aliphatic carbocycles. The minimum absolute atomic E-state index is 0.456. The maximum atomic E-state index is 5.31. The number of aliphatic imine (C=N–C) groups is 1. The van der Waals surface area contributed by atoms with E-state index in [1.54, 1.807) is 12.3 Å². The van der Waals surface area contributed by atoms with Gasteiger partial charge in [-0.1, -0.05) is 34.3 Å². The van der Waals surface area contributed by atoms with Crippen molar-refractivity contribution >= 4 is 18.5 Å². The van der Waals surface area contributed by atoms with Gasteiger partial charge in [-0.15, -0.1) is 0 Å². The number of nitrogens with zero attached hydrogens (tertiary/aromatic N) is 1. The highest BCUT2D eigenvalue weighted by Crippen LogP contribution is 2.34. The summed E-state index contributed by atoms with van der Waals surface area (Å²) in [5, 5.41) is 0. The smallest absolute Gasteiger partial charge is 0.151 e. The molecule has 0 saturated carbocycles. The maximum Gasteiger partial charge on any atom is 0.151 e. The molecular formula is C13H21NO. The van der Waals surface area contributed by atoms with E-state index in [1.807, 2.05) is 13.8 Å². The molecule has 2 nitrogen and oxygen atoms in total. The second-order valence-corrected chi connectivity index (χ2v) is 3.08. The highest BCUT2D eigenvalue weighted by Gasteiger charge is 2.14. The van der Waals surface area contributed by atoms with Crippen LogP contribution in [0.5, 0.6) is 0 Å². The van der Waals surface area contributed by atoms with Gasteiger partial charge in [0.1, 0.15) is 5.69 Å². The van der Waals surface area contributed by atoms with Crippen molar-refractivity contribution in [3.05, 3.63) is 24.2 Å². The van der Waals surface area contributed by atoms with Gasteiger partial charge in [0.25, 0.3) is 0 Å². The van der Waals surface area contributed by atoms with Crippen LogP contribution in [0.3, 0.4) is 0 Å². The van der Waals surface area contributed by atoms with Gasteiger partial charge in [0.15, 0.2) is 5.76 Å². The van der Waals surface area contributed by atoms with Gasteiger partial charge in [0, 0.05) is 5.56 Å². The van der Waals surface area contributed by atoms with E-state index in [-0.39, 0.29) is 0 Å². The molecule has 0 N–H and O–H groups in total. The summed E-state index contributed by atoms with van der Waals surface area (Å²) in [6, 6.07) is 0. The van der Waals surface area contributed by atoms with Crippen molar-refractivity contribution in [2.24, 2.45) is 4.99 Å². The number of rotatable bonds is 4. The summed E-state index contributed by atoms with van der Waals surface area (Å²) in [6.45, 7) is 15.5. The Morgan fingerprint density at radius 1 is 1.53 bits per heavy atom. The lowest BCUT2D eigenvalue weighted by atomic mass is 10.00. The van der Waals surface area contributed by atoms with Crippen LogP contribution in [0.25, 0.3) is 6.08 Å². The van der Waals surface area contributed by atoms with Crippen molar-refractivity contribution in [2.45, 2.75) is 40.0 Å². The molecule has 0 saturated heterocycles.